The molecule has 0 bridgehead atoms. The van der Waals surface area contributed by atoms with Gasteiger partial charge in [0.1, 0.15) is 11.6 Å². The van der Waals surface area contributed by atoms with Crippen molar-refractivity contribution in [2.75, 3.05) is 18.8 Å². The van der Waals surface area contributed by atoms with Crippen LogP contribution in [-0.2, 0) is 12.7 Å². The van der Waals surface area contributed by atoms with Crippen LogP contribution in [0.3, 0.4) is 0 Å². The number of amides is 1. The molecule has 2 N–H and O–H groups in total. The van der Waals surface area contributed by atoms with Gasteiger partial charge in [-0.2, -0.15) is 18.3 Å². The number of hydrogen-bond acceptors (Lipinski definition) is 5. The average molecular weight is 498 g/mol. The first kappa shape index (κ1) is 23.7. The molecule has 1 aliphatic heterocycles. The number of pyridine rings is 2. The molecule has 0 aliphatic carbocycles. The van der Waals surface area contributed by atoms with Crippen molar-refractivity contribution in [3.8, 4) is 0 Å². The number of rotatable bonds is 4. The van der Waals surface area contributed by atoms with Gasteiger partial charge in [-0.05, 0) is 49.2 Å². The number of benzene rings is 1. The second-order valence-corrected chi connectivity index (χ2v) is 8.75. The van der Waals surface area contributed by atoms with E-state index in [1.54, 1.807) is 27.8 Å². The molecule has 11 heteroatoms. The number of fused-ring (bicyclic) bond motifs is 1. The summed E-state index contributed by atoms with van der Waals surface area (Å²) < 4.78 is 55.1. The van der Waals surface area contributed by atoms with Gasteiger partial charge in [-0.15, -0.1) is 0 Å². The van der Waals surface area contributed by atoms with E-state index < -0.39 is 17.6 Å². The number of likely N-dealkylation sites (tertiary alicyclic amines) is 1. The van der Waals surface area contributed by atoms with Crippen LogP contribution < -0.4 is 5.73 Å². The summed E-state index contributed by atoms with van der Waals surface area (Å²) in [6.45, 7) is 1.03. The Labute approximate surface area is 203 Å². The zero-order chi connectivity index (χ0) is 25.4. The van der Waals surface area contributed by atoms with Gasteiger partial charge in [0, 0.05) is 37.0 Å². The van der Waals surface area contributed by atoms with Crippen LogP contribution in [0.15, 0.2) is 54.9 Å². The summed E-state index contributed by atoms with van der Waals surface area (Å²) >= 11 is 0. The Hall–Kier alpha value is -4.02. The number of nitrogen functional groups attached to an aromatic ring is 1. The first-order chi connectivity index (χ1) is 17.2. The van der Waals surface area contributed by atoms with Gasteiger partial charge < -0.3 is 10.6 Å². The Bertz CT molecular complexity index is 1410. The summed E-state index contributed by atoms with van der Waals surface area (Å²) in [4.78, 5) is 22.4. The lowest BCUT2D eigenvalue weighted by molar-refractivity contribution is -0.137. The number of carbonyl (C=O) groups is 1. The summed E-state index contributed by atoms with van der Waals surface area (Å²) in [6, 6.07) is 10.1. The molecule has 0 saturated carbocycles. The van der Waals surface area contributed by atoms with Crippen molar-refractivity contribution in [2.24, 2.45) is 0 Å². The van der Waals surface area contributed by atoms with E-state index in [0.717, 1.165) is 12.3 Å². The minimum Gasteiger partial charge on any atom is -0.384 e. The van der Waals surface area contributed by atoms with Gasteiger partial charge in [-0.25, -0.2) is 9.37 Å². The molecule has 4 heterocycles. The third-order valence-electron chi connectivity index (χ3n) is 6.42. The van der Waals surface area contributed by atoms with E-state index in [1.807, 2.05) is 0 Å². The lowest BCUT2D eigenvalue weighted by Gasteiger charge is -2.31. The number of anilines is 1. The number of nitrogens with zero attached hydrogens (tertiary/aromatic N) is 5. The normalized spacial score (nSPS) is 14.9. The van der Waals surface area contributed by atoms with E-state index in [-0.39, 0.29) is 24.2 Å². The molecular formula is C25H22F4N6O. The topological polar surface area (TPSA) is 89.9 Å². The van der Waals surface area contributed by atoms with Crippen LogP contribution in [0.1, 0.15) is 46.1 Å². The Morgan fingerprint density at radius 3 is 2.53 bits per heavy atom. The summed E-state index contributed by atoms with van der Waals surface area (Å²) in [7, 11) is 0. The fourth-order valence-corrected chi connectivity index (χ4v) is 4.58. The summed E-state index contributed by atoms with van der Waals surface area (Å²) in [5.74, 6) is -0.374. The molecule has 0 atom stereocenters. The highest BCUT2D eigenvalue weighted by molar-refractivity contribution is 5.94. The maximum absolute atomic E-state index is 14.9. The molecule has 0 unspecified atom stereocenters. The monoisotopic (exact) mass is 498 g/mol. The summed E-state index contributed by atoms with van der Waals surface area (Å²) in [6.07, 6.45) is -1.02. The van der Waals surface area contributed by atoms with E-state index >= 15 is 0 Å². The van der Waals surface area contributed by atoms with E-state index in [0.29, 0.717) is 53.8 Å². The molecular weight excluding hydrogens is 476 g/mol. The quantitative estimate of drug-likeness (QED) is 0.414. The van der Waals surface area contributed by atoms with Crippen LogP contribution in [0, 0.1) is 5.82 Å². The van der Waals surface area contributed by atoms with E-state index in [4.69, 9.17) is 5.73 Å². The van der Waals surface area contributed by atoms with Gasteiger partial charge in [-0.1, -0.05) is 6.07 Å². The standard InChI is InChI=1S/C25H22F4N6O/c26-19-2-1-3-20-22(19)23(33-35(20)14-18-5-4-17(13-32-18)25(27,28)29)15-7-10-34(11-8-15)24(36)16-6-9-31-21(30)12-16/h1-6,9,12-13,15H,7-8,10-11,14H2,(H2,30,31). The zero-order valence-electron chi connectivity index (χ0n) is 19.0. The lowest BCUT2D eigenvalue weighted by atomic mass is 9.91. The highest BCUT2D eigenvalue weighted by Gasteiger charge is 2.31. The third kappa shape index (κ3) is 4.60. The number of aromatic nitrogens is 4. The first-order valence-corrected chi connectivity index (χ1v) is 11.4. The van der Waals surface area contributed by atoms with Crippen molar-refractivity contribution >= 4 is 22.6 Å². The smallest absolute Gasteiger partial charge is 0.384 e. The highest BCUT2D eigenvalue weighted by atomic mass is 19.4. The van der Waals surface area contributed by atoms with Gasteiger partial charge >= 0.3 is 6.18 Å². The maximum Gasteiger partial charge on any atom is 0.417 e. The Balaban J connectivity index is 1.37. The van der Waals surface area contributed by atoms with Crippen LogP contribution in [0.5, 0.6) is 0 Å². The average Bonchev–Trinajstić information content (AvgIpc) is 3.23. The second-order valence-electron chi connectivity index (χ2n) is 8.75. The molecule has 0 radical (unpaired) electrons. The lowest BCUT2D eigenvalue weighted by Crippen LogP contribution is -2.38. The van der Waals surface area contributed by atoms with E-state index in [1.165, 1.54) is 24.4 Å². The van der Waals surface area contributed by atoms with Crippen molar-refractivity contribution in [1.29, 1.82) is 0 Å². The van der Waals surface area contributed by atoms with Gasteiger partial charge in [0.2, 0.25) is 0 Å². The van der Waals surface area contributed by atoms with Crippen LogP contribution in [-0.4, -0.2) is 43.6 Å². The van der Waals surface area contributed by atoms with E-state index in [9.17, 15) is 22.4 Å². The van der Waals surface area contributed by atoms with Crippen LogP contribution >= 0.6 is 0 Å². The minimum atomic E-state index is -4.47. The van der Waals surface area contributed by atoms with Gasteiger partial charge in [0.15, 0.2) is 0 Å². The molecule has 36 heavy (non-hydrogen) atoms. The van der Waals surface area contributed by atoms with Gasteiger partial charge in [0.05, 0.1) is 34.4 Å². The first-order valence-electron chi connectivity index (χ1n) is 11.4. The summed E-state index contributed by atoms with van der Waals surface area (Å²) in [5.41, 5.74) is 6.82. The molecule has 0 spiro atoms. The Morgan fingerprint density at radius 1 is 1.08 bits per heavy atom. The highest BCUT2D eigenvalue weighted by Crippen LogP contribution is 2.35. The number of carbonyl (C=O) groups excluding carboxylic acids is 1. The molecule has 1 amide bonds. The molecule has 5 rings (SSSR count). The molecule has 186 valence electrons. The molecule has 4 aromatic rings. The van der Waals surface area contributed by atoms with Crippen LogP contribution in [0.4, 0.5) is 23.4 Å². The predicted molar refractivity (Wildman–Crippen MR) is 125 cm³/mol. The molecule has 7 nitrogen and oxygen atoms in total. The fraction of sp³-hybridized carbons (Fsp3) is 0.280. The van der Waals surface area contributed by atoms with Crippen molar-refractivity contribution in [2.45, 2.75) is 31.5 Å². The number of halogens is 4. The summed E-state index contributed by atoms with van der Waals surface area (Å²) in [5, 5.41) is 5.05. The van der Waals surface area contributed by atoms with Gasteiger partial charge in [-0.3, -0.25) is 14.5 Å². The van der Waals surface area contributed by atoms with Crippen molar-refractivity contribution in [3.05, 3.63) is 83.2 Å². The van der Waals surface area contributed by atoms with Crippen molar-refractivity contribution < 1.29 is 22.4 Å². The maximum atomic E-state index is 14.9. The number of nitrogens with two attached hydrogens (primary N) is 1. The Morgan fingerprint density at radius 2 is 1.86 bits per heavy atom. The molecule has 3 aromatic heterocycles. The largest absolute Gasteiger partial charge is 0.417 e. The number of alkyl halides is 3. The van der Waals surface area contributed by atoms with Crippen molar-refractivity contribution in [3.63, 3.8) is 0 Å². The minimum absolute atomic E-state index is 0.0854. The Kier molecular flexibility index (Phi) is 6.07. The van der Waals surface area contributed by atoms with Crippen molar-refractivity contribution in [1.82, 2.24) is 24.6 Å². The fourth-order valence-electron chi connectivity index (χ4n) is 4.58. The second kappa shape index (κ2) is 9.21. The van der Waals surface area contributed by atoms with Crippen LogP contribution in [0.25, 0.3) is 10.9 Å². The third-order valence-corrected chi connectivity index (χ3v) is 6.42. The van der Waals surface area contributed by atoms with E-state index in [2.05, 4.69) is 15.1 Å². The predicted octanol–water partition coefficient (Wildman–Crippen LogP) is 4.63. The van der Waals surface area contributed by atoms with Gasteiger partial charge in [0.25, 0.3) is 5.91 Å². The molecule has 1 aliphatic rings. The molecule has 1 aromatic carbocycles. The number of hydrogen-bond donors (Lipinski definition) is 1. The number of piperidine rings is 1. The molecule has 1 fully saturated rings. The zero-order valence-corrected chi connectivity index (χ0v) is 19.0. The van der Waals surface area contributed by atoms with Crippen LogP contribution in [0.2, 0.25) is 0 Å². The molecule has 1 saturated heterocycles. The SMILES string of the molecule is Nc1cc(C(=O)N2CCC(c3nn(Cc4ccc(C(F)(F)F)cn4)c4cccc(F)c34)CC2)ccn1.